The zero-order chi connectivity index (χ0) is 21.2. The first-order chi connectivity index (χ1) is 14.4. The maximum absolute atomic E-state index is 12.6. The number of piperidine rings is 1. The van der Waals surface area contributed by atoms with E-state index in [0.29, 0.717) is 44.8 Å². The molecule has 1 aromatic carbocycles. The average molecular weight is 435 g/mol. The number of carbonyl (C=O) groups is 1. The number of unbranched alkanes of at least 4 members (excludes halogenated alkanes) is 1. The van der Waals surface area contributed by atoms with E-state index in [2.05, 4.69) is 11.4 Å². The summed E-state index contributed by atoms with van der Waals surface area (Å²) in [5.74, 6) is 1.31. The van der Waals surface area contributed by atoms with Gasteiger partial charge in [0.15, 0.2) is 0 Å². The quantitative estimate of drug-likeness (QED) is 0.712. The van der Waals surface area contributed by atoms with Gasteiger partial charge in [0.25, 0.3) is 0 Å². The Kier molecular flexibility index (Phi) is 6.39. The number of fused-ring (bicyclic) bond motifs is 1. The second kappa shape index (κ2) is 8.87. The molecule has 1 N–H and O–H groups in total. The molecule has 0 aromatic heterocycles. The van der Waals surface area contributed by atoms with Crippen LogP contribution in [-0.2, 0) is 14.8 Å². The number of nitrogens with zero attached hydrogens (tertiary/aromatic N) is 1. The Balaban J connectivity index is 1.45. The molecule has 0 unspecified atom stereocenters. The SMILES string of the molecule is CCCCS(=O)(=O)N1CCC2(CC1)C[C@@H](CC(=O)NC1CCC1)c1ccccc1O2. The third kappa shape index (κ3) is 4.67. The molecule has 1 spiro atoms. The lowest BCUT2D eigenvalue weighted by molar-refractivity contribution is -0.123. The molecule has 30 heavy (non-hydrogen) atoms. The number of sulfonamides is 1. The van der Waals surface area contributed by atoms with E-state index in [0.717, 1.165) is 37.0 Å². The fourth-order valence-corrected chi connectivity index (χ4v) is 6.57. The van der Waals surface area contributed by atoms with Crippen molar-refractivity contribution in [3.63, 3.8) is 0 Å². The summed E-state index contributed by atoms with van der Waals surface area (Å²) in [5, 5.41) is 3.17. The summed E-state index contributed by atoms with van der Waals surface area (Å²) in [4.78, 5) is 12.6. The molecule has 2 heterocycles. The van der Waals surface area contributed by atoms with Gasteiger partial charge in [-0.1, -0.05) is 31.5 Å². The smallest absolute Gasteiger partial charge is 0.220 e. The second-order valence-corrected chi connectivity index (χ2v) is 11.3. The van der Waals surface area contributed by atoms with Gasteiger partial charge in [-0.05, 0) is 43.7 Å². The first kappa shape index (κ1) is 21.6. The summed E-state index contributed by atoms with van der Waals surface area (Å²) in [7, 11) is -3.19. The van der Waals surface area contributed by atoms with E-state index >= 15 is 0 Å². The Morgan fingerprint density at radius 1 is 1.23 bits per heavy atom. The number of ether oxygens (including phenoxy) is 1. The second-order valence-electron chi connectivity index (χ2n) is 9.19. The van der Waals surface area contributed by atoms with Gasteiger partial charge in [-0.3, -0.25) is 4.79 Å². The van der Waals surface area contributed by atoms with Crippen LogP contribution < -0.4 is 10.1 Å². The summed E-state index contributed by atoms with van der Waals surface area (Å²) < 4.78 is 33.3. The summed E-state index contributed by atoms with van der Waals surface area (Å²) >= 11 is 0. The van der Waals surface area contributed by atoms with Crippen LogP contribution in [0.3, 0.4) is 0 Å². The molecule has 1 amide bonds. The molecule has 7 heteroatoms. The molecule has 3 aliphatic rings. The number of amides is 1. The summed E-state index contributed by atoms with van der Waals surface area (Å²) in [6, 6.07) is 8.36. The van der Waals surface area contributed by atoms with Crippen molar-refractivity contribution in [1.29, 1.82) is 0 Å². The fraction of sp³-hybridized carbons (Fsp3) is 0.696. The molecule has 1 atom stereocenters. The highest BCUT2D eigenvalue weighted by molar-refractivity contribution is 7.89. The molecule has 2 fully saturated rings. The molecule has 1 saturated carbocycles. The predicted octanol–water partition coefficient (Wildman–Crippen LogP) is 3.58. The zero-order valence-corrected chi connectivity index (χ0v) is 18.8. The first-order valence-corrected chi connectivity index (χ1v) is 13.1. The van der Waals surface area contributed by atoms with Gasteiger partial charge in [0.05, 0.1) is 5.75 Å². The van der Waals surface area contributed by atoms with Crippen LogP contribution in [0.2, 0.25) is 0 Å². The van der Waals surface area contributed by atoms with Crippen molar-refractivity contribution in [2.24, 2.45) is 0 Å². The van der Waals surface area contributed by atoms with Crippen LogP contribution in [0.4, 0.5) is 0 Å². The van der Waals surface area contributed by atoms with E-state index in [9.17, 15) is 13.2 Å². The van der Waals surface area contributed by atoms with Crippen molar-refractivity contribution in [3.05, 3.63) is 29.8 Å². The Bertz CT molecular complexity index is 858. The standard InChI is InChI=1S/C23H34N2O4S/c1-2-3-15-30(27,28)25-13-11-23(12-14-25)17-18(16-22(26)24-19-7-6-8-19)20-9-4-5-10-21(20)29-23/h4-5,9-10,18-19H,2-3,6-8,11-17H2,1H3,(H,24,26)/t18-/m1/s1. The lowest BCUT2D eigenvalue weighted by atomic mass is 9.76. The van der Waals surface area contributed by atoms with E-state index in [-0.39, 0.29) is 23.2 Å². The summed E-state index contributed by atoms with van der Waals surface area (Å²) in [5.41, 5.74) is 0.719. The lowest BCUT2D eigenvalue weighted by Crippen LogP contribution is -2.52. The predicted molar refractivity (Wildman–Crippen MR) is 117 cm³/mol. The van der Waals surface area contributed by atoms with E-state index < -0.39 is 10.0 Å². The van der Waals surface area contributed by atoms with Crippen LogP contribution in [0.15, 0.2) is 24.3 Å². The number of hydrogen-bond donors (Lipinski definition) is 1. The molecule has 4 rings (SSSR count). The van der Waals surface area contributed by atoms with Crippen molar-refractivity contribution >= 4 is 15.9 Å². The molecular weight excluding hydrogens is 400 g/mol. The molecule has 166 valence electrons. The Morgan fingerprint density at radius 3 is 2.63 bits per heavy atom. The number of hydrogen-bond acceptors (Lipinski definition) is 4. The van der Waals surface area contributed by atoms with Crippen LogP contribution in [0.5, 0.6) is 5.75 Å². The molecule has 1 aromatic rings. The van der Waals surface area contributed by atoms with Crippen molar-refractivity contribution in [2.75, 3.05) is 18.8 Å². The van der Waals surface area contributed by atoms with E-state index in [1.807, 2.05) is 25.1 Å². The minimum Gasteiger partial charge on any atom is -0.487 e. The van der Waals surface area contributed by atoms with E-state index in [4.69, 9.17) is 4.74 Å². The van der Waals surface area contributed by atoms with Gasteiger partial charge in [-0.25, -0.2) is 12.7 Å². The Hall–Kier alpha value is -1.60. The molecular formula is C23H34N2O4S. The maximum Gasteiger partial charge on any atom is 0.220 e. The van der Waals surface area contributed by atoms with Crippen molar-refractivity contribution in [2.45, 2.75) is 82.3 Å². The largest absolute Gasteiger partial charge is 0.487 e. The topological polar surface area (TPSA) is 75.7 Å². The van der Waals surface area contributed by atoms with Crippen LogP contribution >= 0.6 is 0 Å². The monoisotopic (exact) mass is 434 g/mol. The third-order valence-electron chi connectivity index (χ3n) is 6.99. The maximum atomic E-state index is 12.6. The van der Waals surface area contributed by atoms with Gasteiger partial charge in [0.1, 0.15) is 11.4 Å². The highest BCUT2D eigenvalue weighted by Crippen LogP contribution is 2.46. The Labute approximate surface area is 180 Å². The molecule has 0 radical (unpaired) electrons. The normalized spacial score (nSPS) is 24.0. The molecule has 1 aliphatic carbocycles. The highest BCUT2D eigenvalue weighted by Gasteiger charge is 2.45. The van der Waals surface area contributed by atoms with Crippen molar-refractivity contribution in [1.82, 2.24) is 9.62 Å². The van der Waals surface area contributed by atoms with Gasteiger partial charge in [0, 0.05) is 44.3 Å². The first-order valence-electron chi connectivity index (χ1n) is 11.5. The molecule has 0 bridgehead atoms. The van der Waals surface area contributed by atoms with Crippen molar-refractivity contribution in [3.8, 4) is 5.75 Å². The number of rotatable bonds is 7. The van der Waals surface area contributed by atoms with Crippen LogP contribution in [0, 0.1) is 0 Å². The van der Waals surface area contributed by atoms with Gasteiger partial charge in [0.2, 0.25) is 15.9 Å². The number of para-hydroxylation sites is 1. The van der Waals surface area contributed by atoms with Crippen molar-refractivity contribution < 1.29 is 17.9 Å². The highest BCUT2D eigenvalue weighted by atomic mass is 32.2. The molecule has 1 saturated heterocycles. The number of carbonyl (C=O) groups excluding carboxylic acids is 1. The van der Waals surface area contributed by atoms with Crippen LogP contribution in [0.25, 0.3) is 0 Å². The number of benzene rings is 1. The van der Waals surface area contributed by atoms with Gasteiger partial charge in [-0.2, -0.15) is 0 Å². The fourth-order valence-electron chi connectivity index (χ4n) is 4.92. The van der Waals surface area contributed by atoms with Gasteiger partial charge < -0.3 is 10.1 Å². The number of nitrogens with one attached hydrogen (secondary N) is 1. The van der Waals surface area contributed by atoms with Crippen LogP contribution in [0.1, 0.15) is 76.2 Å². The Morgan fingerprint density at radius 2 is 1.97 bits per heavy atom. The minimum atomic E-state index is -3.19. The van der Waals surface area contributed by atoms with E-state index in [1.54, 1.807) is 4.31 Å². The molecule has 6 nitrogen and oxygen atoms in total. The van der Waals surface area contributed by atoms with Gasteiger partial charge in [-0.15, -0.1) is 0 Å². The van der Waals surface area contributed by atoms with Crippen LogP contribution in [-0.4, -0.2) is 49.1 Å². The molecule has 2 aliphatic heterocycles. The third-order valence-corrected chi connectivity index (χ3v) is 8.95. The summed E-state index contributed by atoms with van der Waals surface area (Å²) in [6.07, 6.45) is 7.53. The average Bonchev–Trinajstić information content (AvgIpc) is 2.69. The van der Waals surface area contributed by atoms with Gasteiger partial charge >= 0.3 is 0 Å². The lowest BCUT2D eigenvalue weighted by Gasteiger charge is -2.46. The van der Waals surface area contributed by atoms with E-state index in [1.165, 1.54) is 6.42 Å². The zero-order valence-electron chi connectivity index (χ0n) is 17.9. The minimum absolute atomic E-state index is 0.110. The summed E-state index contributed by atoms with van der Waals surface area (Å²) in [6.45, 7) is 3.00.